The molecule has 1 aliphatic rings. The zero-order chi connectivity index (χ0) is 11.8. The summed E-state index contributed by atoms with van der Waals surface area (Å²) >= 11 is 0. The molecule has 2 rings (SSSR count). The van der Waals surface area contributed by atoms with Crippen LogP contribution in [0.5, 0.6) is 5.75 Å². The number of hydrogen-bond acceptors (Lipinski definition) is 1. The van der Waals surface area contributed by atoms with Crippen LogP contribution in [0.1, 0.15) is 42.7 Å². The Morgan fingerprint density at radius 1 is 1.12 bits per heavy atom. The summed E-state index contributed by atoms with van der Waals surface area (Å²) in [5.41, 5.74) is -0.128. The molecule has 0 radical (unpaired) electrons. The lowest BCUT2D eigenvalue weighted by Crippen LogP contribution is -2.05. The summed E-state index contributed by atoms with van der Waals surface area (Å²) in [6.07, 6.45) is -0.292. The lowest BCUT2D eigenvalue weighted by atomic mass is 9.95. The third-order valence-electron chi connectivity index (χ3n) is 3.15. The highest BCUT2D eigenvalue weighted by Gasteiger charge is 2.31. The number of alkyl halides is 3. The number of rotatable bonds is 1. The molecular weight excluding hydrogens is 217 g/mol. The minimum atomic E-state index is -4.38. The minimum absolute atomic E-state index is 0.221. The van der Waals surface area contributed by atoms with Crippen LogP contribution in [0.4, 0.5) is 13.2 Å². The second-order valence-corrected chi connectivity index (χ2v) is 4.25. The molecule has 4 heteroatoms. The molecule has 1 nitrogen and oxygen atoms in total. The van der Waals surface area contributed by atoms with Gasteiger partial charge in [-0.3, -0.25) is 0 Å². The lowest BCUT2D eigenvalue weighted by molar-refractivity contribution is -0.137. The monoisotopic (exact) mass is 230 g/mol. The molecule has 1 aromatic rings. The molecule has 0 unspecified atom stereocenters. The van der Waals surface area contributed by atoms with Gasteiger partial charge in [0.2, 0.25) is 0 Å². The Bertz CT molecular complexity index is 378. The average molecular weight is 230 g/mol. The molecule has 0 saturated heterocycles. The van der Waals surface area contributed by atoms with E-state index in [1.807, 2.05) is 0 Å². The van der Waals surface area contributed by atoms with E-state index in [0.717, 1.165) is 37.8 Å². The van der Waals surface area contributed by atoms with E-state index in [1.165, 1.54) is 6.07 Å². The van der Waals surface area contributed by atoms with E-state index in [0.29, 0.717) is 5.56 Å². The topological polar surface area (TPSA) is 20.2 Å². The second kappa shape index (κ2) is 4.00. The van der Waals surface area contributed by atoms with Crippen molar-refractivity contribution in [1.82, 2.24) is 0 Å². The Labute approximate surface area is 91.9 Å². The molecule has 0 aliphatic heterocycles. The van der Waals surface area contributed by atoms with Crippen LogP contribution in [0, 0.1) is 0 Å². The third kappa shape index (κ3) is 2.15. The molecule has 0 aromatic heterocycles. The van der Waals surface area contributed by atoms with Crippen LogP contribution in [0.15, 0.2) is 18.2 Å². The van der Waals surface area contributed by atoms with Crippen LogP contribution in [0.25, 0.3) is 0 Å². The Kier molecular flexibility index (Phi) is 2.82. The first-order chi connectivity index (χ1) is 7.48. The largest absolute Gasteiger partial charge is 0.508 e. The maximum Gasteiger partial charge on any atom is 0.416 e. The molecule has 1 saturated carbocycles. The summed E-state index contributed by atoms with van der Waals surface area (Å²) in [5.74, 6) is 0.00371. The minimum Gasteiger partial charge on any atom is -0.508 e. The molecular formula is C12H13F3O. The molecule has 88 valence electrons. The smallest absolute Gasteiger partial charge is 0.416 e. The van der Waals surface area contributed by atoms with E-state index in [9.17, 15) is 18.3 Å². The first kappa shape index (κ1) is 11.3. The predicted octanol–water partition coefficient (Wildman–Crippen LogP) is 4.07. The van der Waals surface area contributed by atoms with Crippen molar-refractivity contribution in [3.8, 4) is 5.75 Å². The number of benzene rings is 1. The van der Waals surface area contributed by atoms with Gasteiger partial charge in [0, 0.05) is 0 Å². The number of aromatic hydroxyl groups is 1. The van der Waals surface area contributed by atoms with E-state index in [1.54, 1.807) is 0 Å². The lowest BCUT2D eigenvalue weighted by Gasteiger charge is -2.14. The van der Waals surface area contributed by atoms with Crippen molar-refractivity contribution in [1.29, 1.82) is 0 Å². The van der Waals surface area contributed by atoms with E-state index in [-0.39, 0.29) is 11.7 Å². The van der Waals surface area contributed by atoms with Crippen LogP contribution in [0.3, 0.4) is 0 Å². The van der Waals surface area contributed by atoms with Crippen molar-refractivity contribution >= 4 is 0 Å². The molecule has 1 fully saturated rings. The van der Waals surface area contributed by atoms with Crippen molar-refractivity contribution in [3.05, 3.63) is 29.3 Å². The number of halogens is 3. The summed E-state index contributed by atoms with van der Waals surface area (Å²) in [5, 5.41) is 9.62. The average Bonchev–Trinajstić information content (AvgIpc) is 2.69. The van der Waals surface area contributed by atoms with Crippen molar-refractivity contribution in [2.24, 2.45) is 0 Å². The van der Waals surface area contributed by atoms with Crippen molar-refractivity contribution in [2.75, 3.05) is 0 Å². The fraction of sp³-hybridized carbons (Fsp3) is 0.500. The van der Waals surface area contributed by atoms with Gasteiger partial charge in [-0.1, -0.05) is 18.9 Å². The molecule has 1 aliphatic carbocycles. The molecule has 0 spiro atoms. The predicted molar refractivity (Wildman–Crippen MR) is 54.3 cm³/mol. The van der Waals surface area contributed by atoms with Gasteiger partial charge in [0.25, 0.3) is 0 Å². The SMILES string of the molecule is Oc1cc(C(F)(F)F)ccc1C1CCCC1. The van der Waals surface area contributed by atoms with Gasteiger partial charge in [0.15, 0.2) is 0 Å². The van der Waals surface area contributed by atoms with Crippen molar-refractivity contribution in [3.63, 3.8) is 0 Å². The molecule has 0 atom stereocenters. The normalized spacial score (nSPS) is 17.9. The van der Waals surface area contributed by atoms with Crippen molar-refractivity contribution < 1.29 is 18.3 Å². The standard InChI is InChI=1S/C12H13F3O/c13-12(14,15)9-5-6-10(11(16)7-9)8-3-1-2-4-8/h5-8,16H,1-4H2. The molecule has 1 aromatic carbocycles. The Hall–Kier alpha value is -1.19. The first-order valence-electron chi connectivity index (χ1n) is 5.38. The Morgan fingerprint density at radius 2 is 1.75 bits per heavy atom. The molecule has 0 bridgehead atoms. The van der Waals surface area contributed by atoms with E-state index in [4.69, 9.17) is 0 Å². The summed E-state index contributed by atoms with van der Waals surface area (Å²) in [7, 11) is 0. The van der Waals surface area contributed by atoms with Crippen LogP contribution in [-0.4, -0.2) is 5.11 Å². The van der Waals surface area contributed by atoms with Crippen molar-refractivity contribution in [2.45, 2.75) is 37.8 Å². The first-order valence-corrected chi connectivity index (χ1v) is 5.38. The van der Waals surface area contributed by atoms with Gasteiger partial charge < -0.3 is 5.11 Å². The van der Waals surface area contributed by atoms with Gasteiger partial charge >= 0.3 is 6.18 Å². The quantitative estimate of drug-likeness (QED) is 0.771. The third-order valence-corrected chi connectivity index (χ3v) is 3.15. The van der Waals surface area contributed by atoms with E-state index in [2.05, 4.69) is 0 Å². The summed E-state index contributed by atoms with van der Waals surface area (Å²) in [6.45, 7) is 0. The number of phenols is 1. The molecule has 0 heterocycles. The maximum atomic E-state index is 12.4. The van der Waals surface area contributed by atoms with Gasteiger partial charge in [-0.25, -0.2) is 0 Å². The fourth-order valence-corrected chi connectivity index (χ4v) is 2.30. The zero-order valence-electron chi connectivity index (χ0n) is 8.72. The van der Waals surface area contributed by atoms with Crippen LogP contribution >= 0.6 is 0 Å². The van der Waals surface area contributed by atoms with Crippen LogP contribution in [0.2, 0.25) is 0 Å². The highest BCUT2D eigenvalue weighted by Crippen LogP contribution is 2.40. The summed E-state index contributed by atoms with van der Waals surface area (Å²) in [4.78, 5) is 0. The van der Waals surface area contributed by atoms with Crippen LogP contribution in [-0.2, 0) is 6.18 Å². The summed E-state index contributed by atoms with van der Waals surface area (Å²) in [6, 6.07) is 3.29. The summed E-state index contributed by atoms with van der Waals surface area (Å²) < 4.78 is 37.1. The zero-order valence-corrected chi connectivity index (χ0v) is 8.72. The van der Waals surface area contributed by atoms with Gasteiger partial charge in [-0.05, 0) is 36.5 Å². The van der Waals surface area contributed by atoms with Gasteiger partial charge in [0.05, 0.1) is 5.56 Å². The highest BCUT2D eigenvalue weighted by molar-refractivity contribution is 5.40. The van der Waals surface area contributed by atoms with Gasteiger partial charge in [-0.15, -0.1) is 0 Å². The molecule has 16 heavy (non-hydrogen) atoms. The highest BCUT2D eigenvalue weighted by atomic mass is 19.4. The Balaban J connectivity index is 2.29. The van der Waals surface area contributed by atoms with E-state index >= 15 is 0 Å². The number of phenolic OH excluding ortho intramolecular Hbond substituents is 1. The molecule has 1 N–H and O–H groups in total. The number of hydrogen-bond donors (Lipinski definition) is 1. The molecule has 0 amide bonds. The van der Waals surface area contributed by atoms with E-state index < -0.39 is 11.7 Å². The maximum absolute atomic E-state index is 12.4. The van der Waals surface area contributed by atoms with Crippen LogP contribution < -0.4 is 0 Å². The second-order valence-electron chi connectivity index (χ2n) is 4.25. The van der Waals surface area contributed by atoms with Gasteiger partial charge in [-0.2, -0.15) is 13.2 Å². The fourth-order valence-electron chi connectivity index (χ4n) is 2.30. The Morgan fingerprint density at radius 3 is 2.25 bits per heavy atom. The van der Waals surface area contributed by atoms with Gasteiger partial charge in [0.1, 0.15) is 5.75 Å².